The van der Waals surface area contributed by atoms with Crippen molar-refractivity contribution in [2.24, 2.45) is 0 Å². The number of sulfonamides is 1. The molecule has 0 saturated carbocycles. The summed E-state index contributed by atoms with van der Waals surface area (Å²) in [6.07, 6.45) is 0. The highest BCUT2D eigenvalue weighted by Gasteiger charge is 2.30. The molecule has 3 aromatic rings. The Hall–Kier alpha value is -2.49. The summed E-state index contributed by atoms with van der Waals surface area (Å²) < 4.78 is 33.3. The number of rotatable bonds is 7. The molecule has 0 spiro atoms. The normalized spacial score (nSPS) is 14.5. The summed E-state index contributed by atoms with van der Waals surface area (Å²) in [4.78, 5) is 15.0. The second-order valence-corrected chi connectivity index (χ2v) is 11.9. The first kappa shape index (κ1) is 27.5. The lowest BCUT2D eigenvalue weighted by molar-refractivity contribution is -0.118. The second kappa shape index (κ2) is 11.5. The van der Waals surface area contributed by atoms with Crippen molar-refractivity contribution in [3.05, 3.63) is 80.8 Å². The largest absolute Gasteiger partial charge is 0.482 e. The van der Waals surface area contributed by atoms with Crippen molar-refractivity contribution in [3.63, 3.8) is 0 Å². The number of carbonyl (C=O) groups is 1. The van der Waals surface area contributed by atoms with Gasteiger partial charge in [0, 0.05) is 31.2 Å². The Bertz CT molecular complexity index is 1380. The minimum atomic E-state index is -3.60. The molecule has 0 unspecified atom stereocenters. The number of piperazine rings is 1. The molecule has 0 aliphatic carbocycles. The number of ether oxygens (including phenoxy) is 1. The second-order valence-electron chi connectivity index (χ2n) is 8.71. The number of aryl methyl sites for hydroxylation is 2. The van der Waals surface area contributed by atoms with E-state index in [0.29, 0.717) is 50.8 Å². The molecule has 0 aromatic heterocycles. The molecule has 1 N–H and O–H groups in total. The average molecular weight is 583 g/mol. The molecule has 1 aliphatic rings. The predicted octanol–water partition coefficient (Wildman–Crippen LogP) is 5.79. The van der Waals surface area contributed by atoms with Gasteiger partial charge in [0.05, 0.1) is 26.3 Å². The molecular weight excluding hydrogens is 557 g/mol. The summed E-state index contributed by atoms with van der Waals surface area (Å²) in [5.74, 6) is -0.00652. The standard InChI is InChI=1S/C26H26Cl3N3O4S/c1-17-6-8-20(9-7-17)37(34,35)32-12-10-31(11-13-32)25-21(28)4-3-5-23(25)30-24(33)16-36-26-18(2)14-19(27)15-22(26)29/h3-9,14-15H,10-13,16H2,1-2H3,(H,30,33). The van der Waals surface area contributed by atoms with Gasteiger partial charge >= 0.3 is 0 Å². The molecule has 0 atom stereocenters. The zero-order valence-corrected chi connectivity index (χ0v) is 23.4. The quantitative estimate of drug-likeness (QED) is 0.381. The lowest BCUT2D eigenvalue weighted by Crippen LogP contribution is -2.49. The highest BCUT2D eigenvalue weighted by atomic mass is 35.5. The van der Waals surface area contributed by atoms with Crippen molar-refractivity contribution in [3.8, 4) is 5.75 Å². The highest BCUT2D eigenvalue weighted by molar-refractivity contribution is 7.89. The van der Waals surface area contributed by atoms with Gasteiger partial charge in [-0.2, -0.15) is 4.31 Å². The lowest BCUT2D eigenvalue weighted by atomic mass is 10.2. The zero-order valence-electron chi connectivity index (χ0n) is 20.3. The third-order valence-electron chi connectivity index (χ3n) is 6.02. The summed E-state index contributed by atoms with van der Waals surface area (Å²) in [7, 11) is -3.60. The van der Waals surface area contributed by atoms with Crippen molar-refractivity contribution in [2.45, 2.75) is 18.7 Å². The Kier molecular flexibility index (Phi) is 8.56. The maximum atomic E-state index is 13.1. The van der Waals surface area contributed by atoms with Gasteiger partial charge in [-0.05, 0) is 55.8 Å². The van der Waals surface area contributed by atoms with E-state index in [9.17, 15) is 13.2 Å². The Balaban J connectivity index is 1.44. The van der Waals surface area contributed by atoms with Crippen LogP contribution in [0.1, 0.15) is 11.1 Å². The molecule has 0 bridgehead atoms. The molecule has 37 heavy (non-hydrogen) atoms. The number of carbonyl (C=O) groups excluding carboxylic acids is 1. The third-order valence-corrected chi connectivity index (χ3v) is 8.73. The van der Waals surface area contributed by atoms with Crippen LogP contribution in [0.5, 0.6) is 5.75 Å². The fourth-order valence-corrected chi connectivity index (χ4v) is 6.51. The van der Waals surface area contributed by atoms with Gasteiger partial charge in [-0.1, -0.05) is 58.6 Å². The molecule has 1 amide bonds. The summed E-state index contributed by atoms with van der Waals surface area (Å²) in [5, 5.41) is 4.10. The fraction of sp³-hybridized carbons (Fsp3) is 0.269. The number of amides is 1. The van der Waals surface area contributed by atoms with E-state index >= 15 is 0 Å². The molecular formula is C26H26Cl3N3O4S. The maximum Gasteiger partial charge on any atom is 0.262 e. The van der Waals surface area contributed by atoms with Crippen LogP contribution in [0, 0.1) is 13.8 Å². The number of benzene rings is 3. The number of nitrogens with one attached hydrogen (secondary N) is 1. The number of anilines is 2. The smallest absolute Gasteiger partial charge is 0.262 e. The maximum absolute atomic E-state index is 13.1. The van der Waals surface area contributed by atoms with E-state index in [1.807, 2.05) is 11.8 Å². The van der Waals surface area contributed by atoms with E-state index in [1.165, 1.54) is 4.31 Å². The van der Waals surface area contributed by atoms with Crippen LogP contribution in [0.25, 0.3) is 0 Å². The lowest BCUT2D eigenvalue weighted by Gasteiger charge is -2.36. The molecule has 1 heterocycles. The van der Waals surface area contributed by atoms with Crippen LogP contribution in [0.15, 0.2) is 59.5 Å². The number of para-hydroxylation sites is 1. The fourth-order valence-electron chi connectivity index (χ4n) is 4.14. The molecule has 4 rings (SSSR count). The SMILES string of the molecule is Cc1ccc(S(=O)(=O)N2CCN(c3c(Cl)cccc3NC(=O)COc3c(C)cc(Cl)cc3Cl)CC2)cc1. The van der Waals surface area contributed by atoms with E-state index < -0.39 is 15.9 Å². The van der Waals surface area contributed by atoms with Crippen LogP contribution in [-0.2, 0) is 14.8 Å². The van der Waals surface area contributed by atoms with Gasteiger partial charge in [0.2, 0.25) is 10.0 Å². The van der Waals surface area contributed by atoms with Gasteiger partial charge in [-0.15, -0.1) is 0 Å². The van der Waals surface area contributed by atoms with Gasteiger partial charge in [-0.25, -0.2) is 8.42 Å². The monoisotopic (exact) mass is 581 g/mol. The third kappa shape index (κ3) is 6.33. The van der Waals surface area contributed by atoms with E-state index in [1.54, 1.807) is 61.5 Å². The summed E-state index contributed by atoms with van der Waals surface area (Å²) in [6, 6.07) is 15.3. The number of halogens is 3. The molecule has 1 fully saturated rings. The Morgan fingerprint density at radius 1 is 0.946 bits per heavy atom. The van der Waals surface area contributed by atoms with Crippen molar-refractivity contribution >= 4 is 62.1 Å². The number of nitrogens with zero attached hydrogens (tertiary/aromatic N) is 2. The number of hydrogen-bond donors (Lipinski definition) is 1. The summed E-state index contributed by atoms with van der Waals surface area (Å²) >= 11 is 18.7. The van der Waals surface area contributed by atoms with Crippen LogP contribution in [0.4, 0.5) is 11.4 Å². The highest BCUT2D eigenvalue weighted by Crippen LogP contribution is 2.36. The van der Waals surface area contributed by atoms with Crippen molar-refractivity contribution in [1.82, 2.24) is 4.31 Å². The van der Waals surface area contributed by atoms with Crippen molar-refractivity contribution < 1.29 is 17.9 Å². The Labute approximate surface area is 231 Å². The molecule has 0 radical (unpaired) electrons. The van der Waals surface area contributed by atoms with Crippen molar-refractivity contribution in [2.75, 3.05) is 43.0 Å². The number of hydrogen-bond acceptors (Lipinski definition) is 5. The van der Waals surface area contributed by atoms with Gasteiger partial charge in [-0.3, -0.25) is 4.79 Å². The first-order chi connectivity index (χ1) is 17.6. The molecule has 3 aromatic carbocycles. The van der Waals surface area contributed by atoms with Gasteiger partial charge < -0.3 is 15.0 Å². The van der Waals surface area contributed by atoms with Crippen LogP contribution in [0.3, 0.4) is 0 Å². The summed E-state index contributed by atoms with van der Waals surface area (Å²) in [6.45, 7) is 4.82. The van der Waals surface area contributed by atoms with Crippen LogP contribution in [0.2, 0.25) is 15.1 Å². The molecule has 1 saturated heterocycles. The van der Waals surface area contributed by atoms with E-state index in [-0.39, 0.29) is 24.6 Å². The van der Waals surface area contributed by atoms with Crippen LogP contribution in [-0.4, -0.2) is 51.4 Å². The Morgan fingerprint density at radius 2 is 1.62 bits per heavy atom. The topological polar surface area (TPSA) is 79.0 Å². The molecule has 11 heteroatoms. The van der Waals surface area contributed by atoms with Gasteiger partial charge in [0.1, 0.15) is 5.75 Å². The Morgan fingerprint density at radius 3 is 2.27 bits per heavy atom. The van der Waals surface area contributed by atoms with Crippen LogP contribution < -0.4 is 15.0 Å². The van der Waals surface area contributed by atoms with Gasteiger partial charge in [0.25, 0.3) is 5.91 Å². The van der Waals surface area contributed by atoms with E-state index in [4.69, 9.17) is 39.5 Å². The van der Waals surface area contributed by atoms with Crippen LogP contribution >= 0.6 is 34.8 Å². The van der Waals surface area contributed by atoms with E-state index in [0.717, 1.165) is 5.56 Å². The first-order valence-corrected chi connectivity index (χ1v) is 14.1. The molecule has 196 valence electrons. The minimum Gasteiger partial charge on any atom is -0.482 e. The predicted molar refractivity (Wildman–Crippen MR) is 149 cm³/mol. The van der Waals surface area contributed by atoms with E-state index in [2.05, 4.69) is 5.32 Å². The average Bonchev–Trinajstić information content (AvgIpc) is 2.84. The first-order valence-electron chi connectivity index (χ1n) is 11.5. The van der Waals surface area contributed by atoms with Crippen molar-refractivity contribution in [1.29, 1.82) is 0 Å². The molecule has 7 nitrogen and oxygen atoms in total. The minimum absolute atomic E-state index is 0.267. The van der Waals surface area contributed by atoms with Gasteiger partial charge in [0.15, 0.2) is 6.61 Å². The summed E-state index contributed by atoms with van der Waals surface area (Å²) in [5.41, 5.74) is 2.85. The molecule has 1 aliphatic heterocycles. The zero-order chi connectivity index (χ0) is 26.7.